The predicted molar refractivity (Wildman–Crippen MR) is 145 cm³/mol. The van der Waals surface area contributed by atoms with Gasteiger partial charge in [-0.1, -0.05) is 58.0 Å². The Labute approximate surface area is 225 Å². The Balaban J connectivity index is 1.34. The van der Waals surface area contributed by atoms with Crippen molar-refractivity contribution < 1.29 is 18.9 Å². The fourth-order valence-electron chi connectivity index (χ4n) is 6.81. The highest BCUT2D eigenvalue weighted by atomic mass is 16.7. The Hall–Kier alpha value is -2.78. The van der Waals surface area contributed by atoms with Crippen molar-refractivity contribution in [3.8, 4) is 0 Å². The molecule has 8 nitrogen and oxygen atoms in total. The molecule has 2 amide bonds. The summed E-state index contributed by atoms with van der Waals surface area (Å²) in [6.07, 6.45) is 7.60. The van der Waals surface area contributed by atoms with Crippen LogP contribution in [0.2, 0.25) is 0 Å². The molecule has 6 atom stereocenters. The van der Waals surface area contributed by atoms with Gasteiger partial charge in [0.05, 0.1) is 23.8 Å². The SMILES string of the molecule is CC(C)CC(NC(=O)C(Cc1ccccc1)NC(=O)c1cnccn1)B1OC2CC3CC(C3(C)C)[C@]2(C)O1. The number of aromatic nitrogens is 2. The van der Waals surface area contributed by atoms with Crippen LogP contribution in [0, 0.1) is 23.2 Å². The van der Waals surface area contributed by atoms with Gasteiger partial charge in [-0.15, -0.1) is 0 Å². The number of carbonyl (C=O) groups is 2. The fraction of sp³-hybridized carbons (Fsp3) is 0.586. The molecule has 0 spiro atoms. The van der Waals surface area contributed by atoms with Crippen LogP contribution in [-0.2, 0) is 20.5 Å². The summed E-state index contributed by atoms with van der Waals surface area (Å²) in [6.45, 7) is 11.1. The van der Waals surface area contributed by atoms with E-state index in [2.05, 4.69) is 55.2 Å². The second-order valence-electron chi connectivity index (χ2n) is 12.4. The molecule has 2 heterocycles. The number of benzene rings is 1. The van der Waals surface area contributed by atoms with Gasteiger partial charge in [0.1, 0.15) is 11.7 Å². The largest absolute Gasteiger partial charge is 0.481 e. The van der Waals surface area contributed by atoms with E-state index in [1.807, 2.05) is 30.3 Å². The maximum atomic E-state index is 13.8. The van der Waals surface area contributed by atoms with E-state index < -0.39 is 19.1 Å². The predicted octanol–water partition coefficient (Wildman–Crippen LogP) is 3.62. The molecule has 9 heteroatoms. The average Bonchev–Trinajstić information content (AvgIpc) is 3.26. The van der Waals surface area contributed by atoms with Crippen LogP contribution in [0.25, 0.3) is 0 Å². The summed E-state index contributed by atoms with van der Waals surface area (Å²) in [7, 11) is -0.528. The van der Waals surface area contributed by atoms with Gasteiger partial charge in [0, 0.05) is 18.8 Å². The van der Waals surface area contributed by atoms with Crippen molar-refractivity contribution >= 4 is 18.9 Å². The molecule has 1 aromatic heterocycles. The Morgan fingerprint density at radius 3 is 2.53 bits per heavy atom. The summed E-state index contributed by atoms with van der Waals surface area (Å²) in [5.74, 6) is 0.359. The molecule has 2 aromatic rings. The van der Waals surface area contributed by atoms with E-state index in [0.29, 0.717) is 30.6 Å². The summed E-state index contributed by atoms with van der Waals surface area (Å²) < 4.78 is 13.2. The molecule has 4 fully saturated rings. The van der Waals surface area contributed by atoms with Crippen LogP contribution in [0.3, 0.4) is 0 Å². The minimum atomic E-state index is -0.799. The first-order valence-electron chi connectivity index (χ1n) is 13.8. The van der Waals surface area contributed by atoms with E-state index in [1.165, 1.54) is 25.0 Å². The third-order valence-electron chi connectivity index (χ3n) is 9.05. The van der Waals surface area contributed by atoms with Crippen LogP contribution >= 0.6 is 0 Å². The third kappa shape index (κ3) is 5.10. The number of carbonyl (C=O) groups excluding carboxylic acids is 2. The maximum absolute atomic E-state index is 13.8. The Morgan fingerprint density at radius 1 is 1.11 bits per heavy atom. The lowest BCUT2D eigenvalue weighted by molar-refractivity contribution is -0.199. The van der Waals surface area contributed by atoms with Gasteiger partial charge in [0.25, 0.3) is 5.91 Å². The molecule has 202 valence electrons. The molecule has 38 heavy (non-hydrogen) atoms. The Bertz CT molecular complexity index is 1150. The van der Waals surface area contributed by atoms with E-state index in [0.717, 1.165) is 12.0 Å². The van der Waals surface area contributed by atoms with Crippen LogP contribution in [-0.4, -0.2) is 52.6 Å². The Morgan fingerprint density at radius 2 is 1.87 bits per heavy atom. The van der Waals surface area contributed by atoms with Crippen LogP contribution in [0.4, 0.5) is 0 Å². The van der Waals surface area contributed by atoms with Crippen LogP contribution in [0.5, 0.6) is 0 Å². The van der Waals surface area contributed by atoms with Crippen molar-refractivity contribution in [2.75, 3.05) is 0 Å². The highest BCUT2D eigenvalue weighted by molar-refractivity contribution is 6.48. The number of nitrogens with one attached hydrogen (secondary N) is 2. The van der Waals surface area contributed by atoms with Crippen LogP contribution in [0.1, 0.15) is 69.9 Å². The molecule has 0 radical (unpaired) electrons. The molecule has 6 rings (SSSR count). The zero-order valence-corrected chi connectivity index (χ0v) is 23.0. The second kappa shape index (κ2) is 10.4. The lowest BCUT2D eigenvalue weighted by Gasteiger charge is -2.64. The monoisotopic (exact) mass is 518 g/mol. The van der Waals surface area contributed by atoms with Crippen LogP contribution < -0.4 is 10.6 Å². The van der Waals surface area contributed by atoms with E-state index in [9.17, 15) is 9.59 Å². The van der Waals surface area contributed by atoms with Crippen LogP contribution in [0.15, 0.2) is 48.9 Å². The molecular formula is C29H39BN4O4. The van der Waals surface area contributed by atoms with Gasteiger partial charge in [-0.3, -0.25) is 14.6 Å². The average molecular weight is 518 g/mol. The van der Waals surface area contributed by atoms with Gasteiger partial charge in [-0.2, -0.15) is 0 Å². The van der Waals surface area contributed by atoms with E-state index in [4.69, 9.17) is 9.31 Å². The maximum Gasteiger partial charge on any atom is 0.481 e. The summed E-state index contributed by atoms with van der Waals surface area (Å²) in [5.41, 5.74) is 0.998. The zero-order valence-electron chi connectivity index (χ0n) is 23.0. The molecular weight excluding hydrogens is 479 g/mol. The molecule has 1 aliphatic heterocycles. The first kappa shape index (κ1) is 26.8. The van der Waals surface area contributed by atoms with E-state index in [-0.39, 0.29) is 34.7 Å². The molecule has 2 N–H and O–H groups in total. The van der Waals surface area contributed by atoms with Crippen molar-refractivity contribution in [1.82, 2.24) is 20.6 Å². The summed E-state index contributed by atoms with van der Waals surface area (Å²) in [5, 5.41) is 6.08. The zero-order chi connectivity index (χ0) is 27.1. The molecule has 3 aliphatic carbocycles. The fourth-order valence-corrected chi connectivity index (χ4v) is 6.81. The molecule has 4 aliphatic rings. The number of amides is 2. The normalized spacial score (nSPS) is 28.7. The van der Waals surface area contributed by atoms with E-state index in [1.54, 1.807) is 0 Å². The number of nitrogens with zero attached hydrogens (tertiary/aromatic N) is 2. The number of rotatable bonds is 9. The standard InChI is InChI=1S/C29H39BN4O4/c1-18(2)13-25(30-37-24-16-20-15-23(28(20,3)4)29(24,5)38-30)34-26(35)21(14-19-9-7-6-8-10-19)33-27(36)22-17-31-11-12-32-22/h6-12,17-18,20-21,23-25H,13-16H2,1-5H3,(H,33,36)(H,34,35)/t20?,21?,23?,24?,25?,29-/m0/s1. The summed E-state index contributed by atoms with van der Waals surface area (Å²) >= 11 is 0. The topological polar surface area (TPSA) is 102 Å². The quantitative estimate of drug-likeness (QED) is 0.492. The lowest BCUT2D eigenvalue weighted by atomic mass is 9.43. The summed E-state index contributed by atoms with van der Waals surface area (Å²) in [4.78, 5) is 34.8. The molecule has 1 saturated heterocycles. The van der Waals surface area contributed by atoms with Crippen molar-refractivity contribution in [2.24, 2.45) is 23.2 Å². The summed E-state index contributed by atoms with van der Waals surface area (Å²) in [6, 6.07) is 8.87. The number of hydrogen-bond acceptors (Lipinski definition) is 6. The Kier molecular flexibility index (Phi) is 7.35. The second-order valence-corrected chi connectivity index (χ2v) is 12.4. The minimum Gasteiger partial charge on any atom is -0.404 e. The highest BCUT2D eigenvalue weighted by Gasteiger charge is 2.68. The number of hydrogen-bond donors (Lipinski definition) is 2. The first-order chi connectivity index (χ1) is 18.1. The van der Waals surface area contributed by atoms with Gasteiger partial charge in [-0.25, -0.2) is 4.98 Å². The van der Waals surface area contributed by atoms with Gasteiger partial charge in [-0.05, 0) is 54.9 Å². The van der Waals surface area contributed by atoms with Crippen molar-refractivity contribution in [2.45, 2.75) is 84.0 Å². The molecule has 3 saturated carbocycles. The van der Waals surface area contributed by atoms with Gasteiger partial charge in [0.2, 0.25) is 5.91 Å². The van der Waals surface area contributed by atoms with E-state index >= 15 is 0 Å². The third-order valence-corrected chi connectivity index (χ3v) is 9.05. The smallest absolute Gasteiger partial charge is 0.404 e. The van der Waals surface area contributed by atoms with Gasteiger partial charge in [0.15, 0.2) is 0 Å². The van der Waals surface area contributed by atoms with Crippen molar-refractivity contribution in [3.63, 3.8) is 0 Å². The van der Waals surface area contributed by atoms with Gasteiger partial charge < -0.3 is 19.9 Å². The van der Waals surface area contributed by atoms with Gasteiger partial charge >= 0.3 is 7.12 Å². The minimum absolute atomic E-state index is 0.0345. The molecule has 5 unspecified atom stereocenters. The first-order valence-corrected chi connectivity index (χ1v) is 13.8. The lowest BCUT2D eigenvalue weighted by Crippen LogP contribution is -2.65. The molecule has 1 aromatic carbocycles. The molecule has 2 bridgehead atoms. The van der Waals surface area contributed by atoms with Crippen molar-refractivity contribution in [1.29, 1.82) is 0 Å². The van der Waals surface area contributed by atoms with Crippen molar-refractivity contribution in [3.05, 3.63) is 60.2 Å². The highest BCUT2D eigenvalue weighted by Crippen LogP contribution is 2.65.